The molecular weight excluding hydrogens is 817 g/mol. The minimum Gasteiger partial charge on any atom is -0.309 e. The third kappa shape index (κ3) is 5.43. The van der Waals surface area contributed by atoms with Gasteiger partial charge in [0, 0.05) is 32.6 Å². The first-order valence-electron chi connectivity index (χ1n) is 22.5. The van der Waals surface area contributed by atoms with E-state index in [9.17, 15) is 0 Å². The van der Waals surface area contributed by atoms with E-state index in [0.717, 1.165) is 60.9 Å². The molecule has 4 nitrogen and oxygen atoms in total. The molecule has 0 bridgehead atoms. The number of rotatable bonds is 7. The van der Waals surface area contributed by atoms with Crippen LogP contribution in [0, 0.1) is 6.57 Å². The van der Waals surface area contributed by atoms with Gasteiger partial charge in [-0.15, -0.1) is 0 Å². The van der Waals surface area contributed by atoms with Crippen molar-refractivity contribution in [3.63, 3.8) is 0 Å². The van der Waals surface area contributed by atoms with Gasteiger partial charge in [0.15, 0.2) is 13.8 Å². The molecule has 0 amide bonds. The summed E-state index contributed by atoms with van der Waals surface area (Å²) >= 11 is 0. The van der Waals surface area contributed by atoms with Crippen LogP contribution in [0.2, 0.25) is 0 Å². The first-order valence-corrected chi connectivity index (χ1v) is 24.5. The molecule has 0 aliphatic heterocycles. The second-order valence-electron chi connectivity index (χ2n) is 17.1. The highest BCUT2D eigenvalue weighted by Crippen LogP contribution is 2.43. The number of hydrogen-bond acceptors (Lipinski definition) is 0. The Bertz CT molecular complexity index is 3950. The van der Waals surface area contributed by atoms with Crippen molar-refractivity contribution in [1.29, 1.82) is 0 Å². The van der Waals surface area contributed by atoms with E-state index in [1.807, 2.05) is 12.1 Å². The fourth-order valence-corrected chi connectivity index (χ4v) is 15.9. The predicted octanol–water partition coefficient (Wildman–Crippen LogP) is 12.9. The number of benzene rings is 10. The van der Waals surface area contributed by atoms with Gasteiger partial charge < -0.3 is 13.7 Å². The summed E-state index contributed by atoms with van der Waals surface area (Å²) in [4.78, 5) is 3.79. The van der Waals surface area contributed by atoms with Crippen molar-refractivity contribution < 1.29 is 0 Å². The van der Waals surface area contributed by atoms with Crippen molar-refractivity contribution in [3.8, 4) is 17.1 Å². The van der Waals surface area contributed by atoms with Crippen LogP contribution in [0.4, 0.5) is 5.69 Å². The van der Waals surface area contributed by atoms with Gasteiger partial charge >= 0.3 is 0 Å². The van der Waals surface area contributed by atoms with E-state index in [1.54, 1.807) is 0 Å². The molecule has 10 aromatic carbocycles. The van der Waals surface area contributed by atoms with Gasteiger partial charge in [0.25, 0.3) is 0 Å². The molecule has 0 aliphatic carbocycles. The molecular formula is C61H40N4Si. The standard InChI is InChI=1S/C61H40N4Si/c1-62-42-35-40-55-51(41-42)48-25-11-14-28-52(48)64(55)57-32-18-34-59-61(57)50-27-13-16-30-54(50)65(59)58-33-17-31-56-60(58)49-26-12-15-29-53(49)63(56)43-36-38-47(39-37-43)66(44-19-5-2-6-20-44,45-21-7-3-8-22-45)46-23-9-4-10-24-46/h2-41H. The largest absolute Gasteiger partial charge is 0.309 e. The van der Waals surface area contributed by atoms with Gasteiger partial charge in [-0.1, -0.05) is 176 Å². The van der Waals surface area contributed by atoms with Crippen molar-refractivity contribution in [2.75, 3.05) is 0 Å². The zero-order chi connectivity index (χ0) is 43.8. The minimum atomic E-state index is -2.70. The van der Waals surface area contributed by atoms with E-state index < -0.39 is 8.07 Å². The summed E-state index contributed by atoms with van der Waals surface area (Å²) in [5, 5.41) is 12.4. The van der Waals surface area contributed by atoms with Gasteiger partial charge in [-0.3, -0.25) is 0 Å². The summed E-state index contributed by atoms with van der Waals surface area (Å²) < 4.78 is 7.31. The molecule has 3 aromatic heterocycles. The van der Waals surface area contributed by atoms with Crippen molar-refractivity contribution in [2.24, 2.45) is 0 Å². The van der Waals surface area contributed by atoms with E-state index in [0.29, 0.717) is 5.69 Å². The number of fused-ring (bicyclic) bond motifs is 9. The van der Waals surface area contributed by atoms with Crippen LogP contribution in [0.5, 0.6) is 0 Å². The Hall–Kier alpha value is -8.69. The number of hydrogen-bond donors (Lipinski definition) is 0. The monoisotopic (exact) mass is 856 g/mol. The molecule has 0 atom stereocenters. The maximum absolute atomic E-state index is 7.77. The van der Waals surface area contributed by atoms with E-state index in [2.05, 4.69) is 249 Å². The summed E-state index contributed by atoms with van der Waals surface area (Å²) in [7, 11) is -2.70. The molecule has 66 heavy (non-hydrogen) atoms. The molecule has 3 heterocycles. The Morgan fingerprint density at radius 1 is 0.303 bits per heavy atom. The second-order valence-corrected chi connectivity index (χ2v) is 20.9. The molecule has 13 rings (SSSR count). The zero-order valence-corrected chi connectivity index (χ0v) is 36.9. The molecule has 0 saturated heterocycles. The number of para-hydroxylation sites is 3. The first-order chi connectivity index (χ1) is 32.7. The van der Waals surface area contributed by atoms with Gasteiger partial charge in [0.05, 0.1) is 51.0 Å². The van der Waals surface area contributed by atoms with E-state index in [-0.39, 0.29) is 0 Å². The quantitative estimate of drug-likeness (QED) is 0.0864. The Balaban J connectivity index is 1.04. The maximum Gasteiger partial charge on any atom is 0.188 e. The topological polar surface area (TPSA) is 19.1 Å². The molecule has 0 radical (unpaired) electrons. The Morgan fingerprint density at radius 2 is 0.697 bits per heavy atom. The second kappa shape index (κ2) is 15.0. The molecule has 0 aliphatic rings. The Morgan fingerprint density at radius 3 is 1.23 bits per heavy atom. The molecule has 0 N–H and O–H groups in total. The van der Waals surface area contributed by atoms with Gasteiger partial charge in [-0.05, 0) is 92.9 Å². The van der Waals surface area contributed by atoms with Crippen LogP contribution in [0.1, 0.15) is 0 Å². The predicted molar refractivity (Wildman–Crippen MR) is 279 cm³/mol. The van der Waals surface area contributed by atoms with Crippen LogP contribution in [0.25, 0.3) is 87.3 Å². The summed E-state index contributed by atoms with van der Waals surface area (Å²) in [6, 6.07) is 88.6. The van der Waals surface area contributed by atoms with Crippen molar-refractivity contribution in [2.45, 2.75) is 0 Å². The summed E-state index contributed by atoms with van der Waals surface area (Å²) in [5.74, 6) is 0. The summed E-state index contributed by atoms with van der Waals surface area (Å²) in [6.07, 6.45) is 0. The van der Waals surface area contributed by atoms with Crippen LogP contribution in [-0.4, -0.2) is 21.8 Å². The highest BCUT2D eigenvalue weighted by Gasteiger charge is 2.41. The minimum absolute atomic E-state index is 0.643. The highest BCUT2D eigenvalue weighted by atomic mass is 28.3. The molecule has 0 fully saturated rings. The van der Waals surface area contributed by atoms with E-state index >= 15 is 0 Å². The van der Waals surface area contributed by atoms with Gasteiger partial charge in [-0.2, -0.15) is 0 Å². The average molecular weight is 857 g/mol. The molecule has 0 unspecified atom stereocenters. The van der Waals surface area contributed by atoms with Crippen molar-refractivity contribution >= 4 is 99.9 Å². The lowest BCUT2D eigenvalue weighted by Crippen LogP contribution is -2.74. The van der Waals surface area contributed by atoms with Crippen LogP contribution >= 0.6 is 0 Å². The third-order valence-electron chi connectivity index (χ3n) is 13.8. The van der Waals surface area contributed by atoms with Crippen LogP contribution in [-0.2, 0) is 0 Å². The lowest BCUT2D eigenvalue weighted by atomic mass is 10.1. The van der Waals surface area contributed by atoms with Crippen LogP contribution in [0.15, 0.2) is 243 Å². The van der Waals surface area contributed by atoms with E-state index in [1.165, 1.54) is 42.3 Å². The number of aromatic nitrogens is 3. The van der Waals surface area contributed by atoms with Crippen molar-refractivity contribution in [3.05, 3.63) is 254 Å². The van der Waals surface area contributed by atoms with Crippen LogP contribution in [0.3, 0.4) is 0 Å². The SMILES string of the molecule is [C-]#[N+]c1ccc2c(c1)c1ccccc1n2-c1cccc2c1c1ccccc1n2-c1cccc2c1c1ccccc1n2-c1ccc([Si](c2ccccc2)(c2ccccc2)c2ccccc2)cc1. The lowest BCUT2D eigenvalue weighted by molar-refractivity contribution is 1.17. The Kier molecular flexibility index (Phi) is 8.57. The normalized spacial score (nSPS) is 11.9. The van der Waals surface area contributed by atoms with E-state index in [4.69, 9.17) is 6.57 Å². The molecule has 13 aromatic rings. The number of nitrogens with zero attached hydrogens (tertiary/aromatic N) is 4. The average Bonchev–Trinajstić information content (AvgIpc) is 4.03. The molecule has 308 valence electrons. The summed E-state index contributed by atoms with van der Waals surface area (Å²) in [6.45, 7) is 7.77. The smallest absolute Gasteiger partial charge is 0.188 e. The van der Waals surface area contributed by atoms with Gasteiger partial charge in [0.1, 0.15) is 0 Å². The highest BCUT2D eigenvalue weighted by molar-refractivity contribution is 7.19. The molecule has 5 heteroatoms. The van der Waals surface area contributed by atoms with Crippen molar-refractivity contribution in [1.82, 2.24) is 13.7 Å². The Labute approximate surface area is 382 Å². The summed E-state index contributed by atoms with van der Waals surface area (Å²) in [5.41, 5.74) is 10.8. The first kappa shape index (κ1) is 37.8. The fourth-order valence-electron chi connectivity index (χ4n) is 11.1. The van der Waals surface area contributed by atoms with Gasteiger partial charge in [-0.25, -0.2) is 4.85 Å². The van der Waals surface area contributed by atoms with Crippen LogP contribution < -0.4 is 20.7 Å². The third-order valence-corrected chi connectivity index (χ3v) is 18.6. The van der Waals surface area contributed by atoms with Gasteiger partial charge in [0.2, 0.25) is 0 Å². The zero-order valence-electron chi connectivity index (χ0n) is 35.9. The molecule has 0 saturated carbocycles. The lowest BCUT2D eigenvalue weighted by Gasteiger charge is -2.34. The molecule has 0 spiro atoms. The maximum atomic E-state index is 7.77. The fraction of sp³-hybridized carbons (Fsp3) is 0.